The molecule has 0 spiro atoms. The molecule has 5 aromatic carbocycles. The fourth-order valence-electron chi connectivity index (χ4n) is 15.3. The number of furan rings is 5. The first kappa shape index (κ1) is 67.2. The second kappa shape index (κ2) is 29.1. The van der Waals surface area contributed by atoms with E-state index in [0.717, 1.165) is 177 Å². The van der Waals surface area contributed by atoms with Crippen molar-refractivity contribution >= 4 is 110 Å². The molecule has 20 rings (SSSR count). The summed E-state index contributed by atoms with van der Waals surface area (Å²) >= 11 is 0. The maximum atomic E-state index is 7.58. The van der Waals surface area contributed by atoms with E-state index in [0.29, 0.717) is 11.3 Å². The van der Waals surface area contributed by atoms with Gasteiger partial charge in [-0.05, 0) is 176 Å². The first-order valence-corrected chi connectivity index (χ1v) is 36.7. The number of fused-ring (bicyclic) bond motifs is 15. The van der Waals surface area contributed by atoms with Crippen LogP contribution in [0, 0.1) is 69.2 Å². The highest BCUT2D eigenvalue weighted by atomic mass is 16.3. The van der Waals surface area contributed by atoms with Crippen LogP contribution in [0.4, 0.5) is 0 Å². The lowest BCUT2D eigenvalue weighted by atomic mass is 10.0. The lowest BCUT2D eigenvalue weighted by Crippen LogP contribution is -2.31. The van der Waals surface area contributed by atoms with E-state index in [-0.39, 0.29) is 0 Å². The molecule has 0 fully saturated rings. The highest BCUT2D eigenvalue weighted by Gasteiger charge is 2.27. The van der Waals surface area contributed by atoms with Gasteiger partial charge in [0.25, 0.3) is 0 Å². The van der Waals surface area contributed by atoms with E-state index in [1.54, 1.807) is 24.7 Å². The summed E-state index contributed by atoms with van der Waals surface area (Å²) in [6, 6.07) is 59.0. The molecule has 110 heavy (non-hydrogen) atoms. The van der Waals surface area contributed by atoms with Crippen LogP contribution in [0.3, 0.4) is 0 Å². The van der Waals surface area contributed by atoms with Crippen LogP contribution in [0.15, 0.2) is 266 Å². The minimum atomic E-state index is -2.12. The van der Waals surface area contributed by atoms with Crippen LogP contribution >= 0.6 is 0 Å². The molecule has 15 heteroatoms. The monoisotopic (exact) mass is 1450 g/mol. The van der Waals surface area contributed by atoms with Crippen LogP contribution in [0.5, 0.6) is 0 Å². The summed E-state index contributed by atoms with van der Waals surface area (Å²) in [7, 11) is 10.1. The Kier molecular flexibility index (Phi) is 17.8. The number of hydrogen-bond acceptors (Lipinski definition) is 10. The lowest BCUT2D eigenvalue weighted by Gasteiger charge is -2.05. The predicted molar refractivity (Wildman–Crippen MR) is 438 cm³/mol. The summed E-state index contributed by atoms with van der Waals surface area (Å²) in [5.74, 6) is 0. The van der Waals surface area contributed by atoms with Crippen molar-refractivity contribution in [2.24, 2.45) is 35.2 Å². The van der Waals surface area contributed by atoms with E-state index in [2.05, 4.69) is 236 Å². The number of benzene rings is 5. The molecule has 0 amide bonds. The van der Waals surface area contributed by atoms with E-state index >= 15 is 0 Å². The van der Waals surface area contributed by atoms with Gasteiger partial charge in [-0.3, -0.25) is 19.9 Å². The van der Waals surface area contributed by atoms with Crippen molar-refractivity contribution in [2.45, 2.75) is 69.2 Å². The van der Waals surface area contributed by atoms with Gasteiger partial charge in [0, 0.05) is 143 Å². The third-order valence-electron chi connectivity index (χ3n) is 20.6. The third-order valence-corrected chi connectivity index (χ3v) is 20.6. The van der Waals surface area contributed by atoms with Gasteiger partial charge >= 0.3 is 0 Å². The Labute approximate surface area is 641 Å². The zero-order valence-corrected chi connectivity index (χ0v) is 64.1. The van der Waals surface area contributed by atoms with Crippen molar-refractivity contribution in [1.82, 2.24) is 24.9 Å². The average Bonchev–Trinajstić information content (AvgIpc) is 1.64. The zero-order chi connectivity index (χ0) is 78.8. The third kappa shape index (κ3) is 13.1. The quantitative estimate of drug-likeness (QED) is 0.152. The van der Waals surface area contributed by atoms with Crippen molar-refractivity contribution in [3.63, 3.8) is 0 Å². The number of hydrogen-bond donors (Lipinski definition) is 0. The molecule has 0 saturated heterocycles. The molecule has 15 nitrogen and oxygen atoms in total. The van der Waals surface area contributed by atoms with Crippen LogP contribution in [0.25, 0.3) is 166 Å². The molecular weight excluding hydrogens is 1360 g/mol. The molecule has 0 aliphatic heterocycles. The normalized spacial score (nSPS) is 11.9. The summed E-state index contributed by atoms with van der Waals surface area (Å²) in [5, 5.41) is 8.46. The van der Waals surface area contributed by atoms with E-state index in [1.807, 2.05) is 129 Å². The van der Waals surface area contributed by atoms with E-state index in [4.69, 9.17) is 26.2 Å². The van der Waals surface area contributed by atoms with Crippen molar-refractivity contribution < 1.29 is 49.0 Å². The van der Waals surface area contributed by atoms with Gasteiger partial charge in [0.2, 0.25) is 34.2 Å². The predicted octanol–water partition coefficient (Wildman–Crippen LogP) is 20.4. The molecule has 0 atom stereocenters. The number of para-hydroxylation sites is 2. The standard InChI is InChI=1S/5C19H17N2O/c1-12-4-7-16(21(3)11-12)18-13(2)5-6-14-15-10-20-9-8-17(15)22-19(14)18;1-12-6-9-15(21(3)11-12)17-13(2)7-8-14-18-16(22-19(14)17)5-4-10-20-18;1-12-6-9-16(21(3)11-12)17-13(2)7-8-14-15-5-4-10-20-19(15)22-18(14)17;1-12-8-9-16(21(3)11-12)18-13(2)20-10-15-14-6-4-5-7-17(14)22-19(15)18;1-12-8-9-15(21(3)11-12)17-13(2)10-20-18-14-6-4-5-7-16(14)22-19(17)18/h5*4-11H,1-3H3/q5*+1/i;;1D3;;. The van der Waals surface area contributed by atoms with Crippen LogP contribution in [0.2, 0.25) is 0 Å². The Morgan fingerprint density at radius 1 is 0.273 bits per heavy atom. The Balaban J connectivity index is 0.000000107. The van der Waals surface area contributed by atoms with Crippen LogP contribution in [0.1, 0.15) is 59.9 Å². The van der Waals surface area contributed by atoms with E-state index < -0.39 is 6.85 Å². The highest BCUT2D eigenvalue weighted by molar-refractivity contribution is 6.12. The van der Waals surface area contributed by atoms with E-state index in [1.165, 1.54) is 33.4 Å². The highest BCUT2D eigenvalue weighted by Crippen LogP contribution is 2.42. The summed E-state index contributed by atoms with van der Waals surface area (Å²) in [4.78, 5) is 22.2. The largest absolute Gasteiger partial charge is 0.455 e. The number of nitrogens with zero attached hydrogens (tertiary/aromatic N) is 10. The summed E-state index contributed by atoms with van der Waals surface area (Å²) < 4.78 is 63.8. The maximum absolute atomic E-state index is 7.58. The number of pyridine rings is 10. The molecule has 540 valence electrons. The SMILES string of the molecule is Cc1ccc(-c2c(C)ccc3c2oc2cccnc23)[n+](C)c1.Cc1ccc(-c2c(C)ccc3c2oc2ccncc23)[n+](C)c1.Cc1ccc(-c2c(C)cnc3c2oc2ccccc23)[n+](C)c1.Cc1ccc(-c2c(C)ncc3c2oc2ccccc23)[n+](C)c1.[2H]C([2H])([2H])c1ccc(-c2c(C)ccc3c2oc2ncccc23)[n+](C)c1. The van der Waals surface area contributed by atoms with Gasteiger partial charge < -0.3 is 22.1 Å². The molecule has 0 bridgehead atoms. The van der Waals surface area contributed by atoms with Crippen molar-refractivity contribution in [1.29, 1.82) is 0 Å². The number of aryl methyl sites for hydroxylation is 15. The number of aromatic nitrogens is 10. The van der Waals surface area contributed by atoms with Crippen molar-refractivity contribution in [3.8, 4) is 56.3 Å². The van der Waals surface area contributed by atoms with Gasteiger partial charge in [-0.1, -0.05) is 60.7 Å². The Morgan fingerprint density at radius 2 is 0.691 bits per heavy atom. The number of rotatable bonds is 5. The van der Waals surface area contributed by atoms with Gasteiger partial charge in [-0.2, -0.15) is 0 Å². The van der Waals surface area contributed by atoms with Gasteiger partial charge in [0.1, 0.15) is 74.2 Å². The topological polar surface area (TPSA) is 150 Å². The van der Waals surface area contributed by atoms with Crippen LogP contribution < -0.4 is 22.8 Å². The van der Waals surface area contributed by atoms with Crippen molar-refractivity contribution in [2.75, 3.05) is 0 Å². The molecule has 20 aromatic rings. The first-order chi connectivity index (χ1) is 54.5. The second-order valence-electron chi connectivity index (χ2n) is 28.7. The fraction of sp³-hybridized carbons (Fsp3) is 0.158. The molecule has 0 aliphatic carbocycles. The molecule has 0 saturated carbocycles. The van der Waals surface area contributed by atoms with Gasteiger partial charge in [-0.25, -0.2) is 27.8 Å². The second-order valence-corrected chi connectivity index (χ2v) is 28.7. The molecule has 0 unspecified atom stereocenters. The molecule has 15 aromatic heterocycles. The van der Waals surface area contributed by atoms with Crippen LogP contribution in [-0.2, 0) is 35.2 Å². The smallest absolute Gasteiger partial charge is 0.227 e. The van der Waals surface area contributed by atoms with Crippen molar-refractivity contribution in [3.05, 3.63) is 300 Å². The minimum Gasteiger partial charge on any atom is -0.455 e. The minimum absolute atomic E-state index is 0.315. The zero-order valence-electron chi connectivity index (χ0n) is 67.1. The summed E-state index contributed by atoms with van der Waals surface area (Å²) in [6.45, 7) is 16.6. The molecule has 15 heterocycles. The summed E-state index contributed by atoms with van der Waals surface area (Å²) in [5.41, 5.74) is 32.0. The van der Waals surface area contributed by atoms with Gasteiger partial charge in [0.15, 0.2) is 58.9 Å². The first-order valence-electron chi connectivity index (χ1n) is 38.2. The lowest BCUT2D eigenvalue weighted by molar-refractivity contribution is -0.660. The van der Waals surface area contributed by atoms with Gasteiger partial charge in [-0.15, -0.1) is 0 Å². The molecule has 0 aliphatic rings. The average molecular weight is 1450 g/mol. The molecule has 0 N–H and O–H groups in total. The Bertz CT molecular complexity index is 6480. The maximum Gasteiger partial charge on any atom is 0.227 e. The van der Waals surface area contributed by atoms with Crippen LogP contribution in [-0.4, -0.2) is 24.9 Å². The van der Waals surface area contributed by atoms with Gasteiger partial charge in [0.05, 0.1) is 27.9 Å². The van der Waals surface area contributed by atoms with E-state index in [9.17, 15) is 0 Å². The Morgan fingerprint density at radius 3 is 1.26 bits per heavy atom. The molecular formula is C95H85N10O5+5. The summed E-state index contributed by atoms with van der Waals surface area (Å²) in [6.07, 6.45) is 21.2. The fourth-order valence-corrected chi connectivity index (χ4v) is 15.3. The Hall–Kier alpha value is -13.4. The molecule has 0 radical (unpaired) electrons.